The SMILES string of the molecule is O=C(NC(CNC(=O)C1CCCN(C(=O)CCC2CCNCC2)C1)C(=O)O)OCc1ccccc1. The lowest BCUT2D eigenvalue weighted by Crippen LogP contribution is -2.51. The summed E-state index contributed by atoms with van der Waals surface area (Å²) in [6, 6.07) is 7.69. The van der Waals surface area contributed by atoms with Gasteiger partial charge in [0.1, 0.15) is 12.6 Å². The van der Waals surface area contributed by atoms with Gasteiger partial charge in [-0.15, -0.1) is 0 Å². The number of aliphatic carboxylic acids is 1. The molecule has 3 rings (SSSR count). The number of carbonyl (C=O) groups is 4. The van der Waals surface area contributed by atoms with Crippen LogP contribution in [0.2, 0.25) is 0 Å². The Labute approximate surface area is 205 Å². The Bertz CT molecular complexity index is 859. The van der Waals surface area contributed by atoms with Crippen molar-refractivity contribution in [2.24, 2.45) is 11.8 Å². The lowest BCUT2D eigenvalue weighted by molar-refractivity contribution is -0.139. The monoisotopic (exact) mass is 488 g/mol. The first-order valence-corrected chi connectivity index (χ1v) is 12.4. The summed E-state index contributed by atoms with van der Waals surface area (Å²) >= 11 is 0. The Morgan fingerprint density at radius 3 is 2.57 bits per heavy atom. The molecule has 0 radical (unpaired) electrons. The maximum absolute atomic E-state index is 12.7. The molecule has 3 amide bonds. The van der Waals surface area contributed by atoms with E-state index in [0.29, 0.717) is 31.8 Å². The number of rotatable bonds is 10. The summed E-state index contributed by atoms with van der Waals surface area (Å²) in [6.07, 6.45) is 4.04. The van der Waals surface area contributed by atoms with Crippen LogP contribution in [0.15, 0.2) is 30.3 Å². The molecule has 2 aliphatic heterocycles. The highest BCUT2D eigenvalue weighted by Crippen LogP contribution is 2.21. The maximum atomic E-state index is 12.7. The van der Waals surface area contributed by atoms with E-state index >= 15 is 0 Å². The Kier molecular flexibility index (Phi) is 10.3. The second-order valence-electron chi connectivity index (χ2n) is 9.25. The van der Waals surface area contributed by atoms with Gasteiger partial charge in [0.2, 0.25) is 11.8 Å². The van der Waals surface area contributed by atoms with Gasteiger partial charge >= 0.3 is 12.1 Å². The van der Waals surface area contributed by atoms with Crippen molar-refractivity contribution in [2.75, 3.05) is 32.7 Å². The van der Waals surface area contributed by atoms with Gasteiger partial charge in [-0.3, -0.25) is 9.59 Å². The molecule has 2 atom stereocenters. The Balaban J connectivity index is 1.40. The fourth-order valence-corrected chi connectivity index (χ4v) is 4.53. The number of nitrogens with zero attached hydrogens (tertiary/aromatic N) is 1. The number of carbonyl (C=O) groups excluding carboxylic acids is 3. The largest absolute Gasteiger partial charge is 0.480 e. The first-order valence-electron chi connectivity index (χ1n) is 12.4. The number of hydrogen-bond acceptors (Lipinski definition) is 6. The van der Waals surface area contributed by atoms with Crippen molar-refractivity contribution >= 4 is 23.9 Å². The zero-order valence-electron chi connectivity index (χ0n) is 20.0. The van der Waals surface area contributed by atoms with Crippen LogP contribution in [0.5, 0.6) is 0 Å². The molecule has 35 heavy (non-hydrogen) atoms. The minimum Gasteiger partial charge on any atom is -0.480 e. The van der Waals surface area contributed by atoms with E-state index < -0.39 is 24.0 Å². The molecule has 1 aromatic rings. The van der Waals surface area contributed by atoms with Crippen molar-refractivity contribution in [2.45, 2.75) is 51.2 Å². The van der Waals surface area contributed by atoms with E-state index in [-0.39, 0.29) is 25.0 Å². The van der Waals surface area contributed by atoms with Crippen LogP contribution < -0.4 is 16.0 Å². The highest BCUT2D eigenvalue weighted by molar-refractivity contribution is 5.83. The van der Waals surface area contributed by atoms with Crippen molar-refractivity contribution in [3.05, 3.63) is 35.9 Å². The highest BCUT2D eigenvalue weighted by atomic mass is 16.5. The Morgan fingerprint density at radius 2 is 1.86 bits per heavy atom. The molecule has 4 N–H and O–H groups in total. The van der Waals surface area contributed by atoms with Crippen LogP contribution in [0.25, 0.3) is 0 Å². The molecule has 2 aliphatic rings. The van der Waals surface area contributed by atoms with Crippen LogP contribution in [-0.4, -0.2) is 72.6 Å². The molecule has 0 saturated carbocycles. The molecule has 10 nitrogen and oxygen atoms in total. The lowest BCUT2D eigenvalue weighted by atomic mass is 9.92. The van der Waals surface area contributed by atoms with Crippen molar-refractivity contribution in [3.63, 3.8) is 0 Å². The molecule has 0 aliphatic carbocycles. The average Bonchev–Trinajstić information content (AvgIpc) is 2.89. The summed E-state index contributed by atoms with van der Waals surface area (Å²) in [7, 11) is 0. The van der Waals surface area contributed by atoms with Gasteiger partial charge in [-0.1, -0.05) is 30.3 Å². The van der Waals surface area contributed by atoms with E-state index in [1.54, 1.807) is 29.2 Å². The van der Waals surface area contributed by atoms with Crippen LogP contribution in [0.3, 0.4) is 0 Å². The van der Waals surface area contributed by atoms with E-state index in [9.17, 15) is 24.3 Å². The number of ether oxygens (including phenoxy) is 1. The van der Waals surface area contributed by atoms with Crippen LogP contribution in [0.1, 0.15) is 44.1 Å². The van der Waals surface area contributed by atoms with Gasteiger partial charge in [-0.2, -0.15) is 0 Å². The zero-order chi connectivity index (χ0) is 25.0. The second kappa shape index (κ2) is 13.7. The molecule has 2 fully saturated rings. The molecular formula is C25H36N4O6. The number of piperidine rings is 2. The molecule has 0 aromatic heterocycles. The number of amides is 3. The molecule has 1 aromatic carbocycles. The predicted molar refractivity (Wildman–Crippen MR) is 128 cm³/mol. The zero-order valence-corrected chi connectivity index (χ0v) is 20.0. The molecule has 2 unspecified atom stereocenters. The van der Waals surface area contributed by atoms with Gasteiger partial charge in [0.15, 0.2) is 0 Å². The van der Waals surface area contributed by atoms with Crippen LogP contribution in [0.4, 0.5) is 4.79 Å². The lowest BCUT2D eigenvalue weighted by Gasteiger charge is -2.33. The first kappa shape index (κ1) is 26.5. The van der Waals surface area contributed by atoms with E-state index in [1.807, 2.05) is 6.07 Å². The Morgan fingerprint density at radius 1 is 1.11 bits per heavy atom. The molecular weight excluding hydrogens is 452 g/mol. The highest BCUT2D eigenvalue weighted by Gasteiger charge is 2.30. The summed E-state index contributed by atoms with van der Waals surface area (Å²) in [4.78, 5) is 50.7. The van der Waals surface area contributed by atoms with Crippen LogP contribution in [-0.2, 0) is 25.7 Å². The third-order valence-electron chi connectivity index (χ3n) is 6.65. The average molecular weight is 489 g/mol. The van der Waals surface area contributed by atoms with Gasteiger partial charge in [0.05, 0.1) is 5.92 Å². The topological polar surface area (TPSA) is 137 Å². The van der Waals surface area contributed by atoms with E-state index in [2.05, 4.69) is 16.0 Å². The van der Waals surface area contributed by atoms with Crippen molar-refractivity contribution in [3.8, 4) is 0 Å². The summed E-state index contributed by atoms with van der Waals surface area (Å²) in [5.41, 5.74) is 0.773. The first-order chi connectivity index (χ1) is 16.9. The summed E-state index contributed by atoms with van der Waals surface area (Å²) in [6.45, 7) is 2.72. The van der Waals surface area contributed by atoms with E-state index in [1.165, 1.54) is 0 Å². The third-order valence-corrected chi connectivity index (χ3v) is 6.65. The minimum absolute atomic E-state index is 0.00887. The van der Waals surface area contributed by atoms with E-state index in [4.69, 9.17) is 4.74 Å². The smallest absolute Gasteiger partial charge is 0.408 e. The summed E-state index contributed by atoms with van der Waals surface area (Å²) in [5, 5.41) is 17.7. The van der Waals surface area contributed by atoms with Gasteiger partial charge in [0.25, 0.3) is 0 Å². The number of hydrogen-bond donors (Lipinski definition) is 4. The van der Waals surface area contributed by atoms with Gasteiger partial charge in [-0.25, -0.2) is 9.59 Å². The number of likely N-dealkylation sites (tertiary alicyclic amines) is 1. The Hall–Kier alpha value is -3.14. The molecule has 192 valence electrons. The summed E-state index contributed by atoms with van der Waals surface area (Å²) in [5.74, 6) is -1.34. The quantitative estimate of drug-likeness (QED) is 0.392. The number of carboxylic acid groups (broad SMARTS) is 1. The fraction of sp³-hybridized carbons (Fsp3) is 0.600. The number of alkyl carbamates (subject to hydrolysis) is 1. The molecule has 2 saturated heterocycles. The third kappa shape index (κ3) is 8.86. The maximum Gasteiger partial charge on any atom is 0.408 e. The van der Waals surface area contributed by atoms with E-state index in [0.717, 1.165) is 44.3 Å². The number of nitrogens with one attached hydrogen (secondary N) is 3. The van der Waals surface area contributed by atoms with Gasteiger partial charge < -0.3 is 30.7 Å². The minimum atomic E-state index is -1.33. The molecule has 10 heteroatoms. The van der Waals surface area contributed by atoms with Crippen LogP contribution in [0, 0.1) is 11.8 Å². The molecule has 0 spiro atoms. The number of benzene rings is 1. The van der Waals surface area contributed by atoms with Crippen LogP contribution >= 0.6 is 0 Å². The summed E-state index contributed by atoms with van der Waals surface area (Å²) < 4.78 is 5.07. The standard InChI is InChI=1S/C25H36N4O6/c30-22(9-8-18-10-12-26-13-11-18)29-14-4-7-20(16-29)23(31)27-15-21(24(32)33)28-25(34)35-17-19-5-2-1-3-6-19/h1-3,5-6,18,20-21,26H,4,7-17H2,(H,27,31)(H,28,34)(H,32,33). The van der Waals surface area contributed by atoms with Crippen molar-refractivity contribution in [1.82, 2.24) is 20.9 Å². The van der Waals surface area contributed by atoms with Crippen molar-refractivity contribution in [1.29, 1.82) is 0 Å². The second-order valence-corrected chi connectivity index (χ2v) is 9.25. The van der Waals surface area contributed by atoms with Gasteiger partial charge in [-0.05, 0) is 56.7 Å². The van der Waals surface area contributed by atoms with Crippen molar-refractivity contribution < 1.29 is 29.0 Å². The normalized spacial score (nSPS) is 19.4. The molecule has 0 bridgehead atoms. The predicted octanol–water partition coefficient (Wildman–Crippen LogP) is 1.50. The fourth-order valence-electron chi connectivity index (χ4n) is 4.53. The molecule has 2 heterocycles. The number of carboxylic acids is 1. The van der Waals surface area contributed by atoms with Gasteiger partial charge in [0, 0.05) is 26.1 Å².